The number of benzene rings is 3. The number of rotatable bonds is 4. The number of amides is 1. The van der Waals surface area contributed by atoms with Gasteiger partial charge < -0.3 is 4.57 Å². The Kier molecular flexibility index (Phi) is 4.79. The molecule has 5 aromatic rings. The second-order valence-corrected chi connectivity index (χ2v) is 9.25. The molecule has 6 rings (SSSR count). The van der Waals surface area contributed by atoms with Crippen molar-refractivity contribution >= 4 is 63.1 Å². The van der Waals surface area contributed by atoms with E-state index in [-0.39, 0.29) is 5.91 Å². The van der Waals surface area contributed by atoms with E-state index in [0.29, 0.717) is 22.2 Å². The number of carbonyl (C=O) groups excluding carboxylic acids is 1. The first kappa shape index (κ1) is 20.5. The highest BCUT2D eigenvalue weighted by Gasteiger charge is 2.49. The Hall–Kier alpha value is -3.13. The standard InChI is InChI=1S/C24H17Cl2N5OS/c25-15-7-5-6-14(12-15)22-21(26)23(32)31(22)30-20(27-28-24(30)33)13-29-18-10-3-1-8-16(18)17-9-2-4-11-19(17)29/h1-12,21-22H,13H2,(H,28,33). The number of hydrogen-bond donors (Lipinski definition) is 1. The number of H-pyrrole nitrogens is 1. The molecule has 1 N–H and O–H groups in total. The van der Waals surface area contributed by atoms with Crippen LogP contribution in [0.4, 0.5) is 0 Å². The molecule has 1 fully saturated rings. The fourth-order valence-corrected chi connectivity index (χ4v) is 5.42. The van der Waals surface area contributed by atoms with Gasteiger partial charge in [0.15, 0.2) is 5.82 Å². The van der Waals surface area contributed by atoms with Gasteiger partial charge in [-0.3, -0.25) is 9.89 Å². The lowest BCUT2D eigenvalue weighted by molar-refractivity contribution is -0.126. The zero-order valence-electron chi connectivity index (χ0n) is 17.2. The molecule has 0 aliphatic carbocycles. The van der Waals surface area contributed by atoms with Crippen LogP contribution in [-0.2, 0) is 11.3 Å². The molecule has 0 radical (unpaired) electrons. The first-order chi connectivity index (χ1) is 16.0. The van der Waals surface area contributed by atoms with E-state index in [0.717, 1.165) is 27.4 Å². The average molecular weight is 494 g/mol. The molecule has 1 aliphatic heterocycles. The summed E-state index contributed by atoms with van der Waals surface area (Å²) in [5, 5.41) is 11.1. The van der Waals surface area contributed by atoms with Crippen LogP contribution in [0.1, 0.15) is 17.4 Å². The largest absolute Gasteiger partial charge is 0.333 e. The minimum absolute atomic E-state index is 0.234. The highest BCUT2D eigenvalue weighted by molar-refractivity contribution is 7.71. The van der Waals surface area contributed by atoms with Crippen LogP contribution in [0.2, 0.25) is 5.02 Å². The summed E-state index contributed by atoms with van der Waals surface area (Å²) in [6.45, 7) is 0.417. The smallest absolute Gasteiger partial charge is 0.262 e. The highest BCUT2D eigenvalue weighted by atomic mass is 35.5. The van der Waals surface area contributed by atoms with Crippen molar-refractivity contribution in [2.24, 2.45) is 0 Å². The molecule has 164 valence electrons. The van der Waals surface area contributed by atoms with Crippen LogP contribution in [-0.4, -0.2) is 30.7 Å². The Bertz CT molecular complexity index is 1550. The van der Waals surface area contributed by atoms with Crippen LogP contribution in [0, 0.1) is 4.77 Å². The third-order valence-corrected chi connectivity index (χ3v) is 7.03. The van der Waals surface area contributed by atoms with Crippen LogP contribution < -0.4 is 5.01 Å². The lowest BCUT2D eigenvalue weighted by Crippen LogP contribution is -2.62. The Morgan fingerprint density at radius 2 is 1.64 bits per heavy atom. The Labute approximate surface area is 203 Å². The summed E-state index contributed by atoms with van der Waals surface area (Å²) in [4.78, 5) is 12.9. The van der Waals surface area contributed by atoms with Gasteiger partial charge in [0.05, 0.1) is 6.54 Å². The van der Waals surface area contributed by atoms with Gasteiger partial charge in [0.1, 0.15) is 11.4 Å². The van der Waals surface area contributed by atoms with Gasteiger partial charge in [-0.1, -0.05) is 60.1 Å². The highest BCUT2D eigenvalue weighted by Crippen LogP contribution is 2.38. The van der Waals surface area contributed by atoms with Gasteiger partial charge in [-0.2, -0.15) is 5.10 Å². The summed E-state index contributed by atoms with van der Waals surface area (Å²) >= 11 is 18.2. The first-order valence-corrected chi connectivity index (χ1v) is 11.6. The van der Waals surface area contributed by atoms with E-state index in [4.69, 9.17) is 35.4 Å². The SMILES string of the molecule is O=C1C(Cl)C(c2cccc(Cl)c2)N1n1c(Cn2c3ccccc3c3ccccc32)n[nH]c1=S. The molecular formula is C24H17Cl2N5OS. The van der Waals surface area contributed by atoms with Crippen LogP contribution in [0.5, 0.6) is 0 Å². The number of nitrogens with zero attached hydrogens (tertiary/aromatic N) is 4. The molecule has 9 heteroatoms. The molecule has 1 amide bonds. The number of alkyl halides is 1. The van der Waals surface area contributed by atoms with Gasteiger partial charge in [0.25, 0.3) is 5.91 Å². The number of para-hydroxylation sites is 2. The number of aromatic nitrogens is 4. The third-order valence-electron chi connectivity index (χ3n) is 6.10. The van der Waals surface area contributed by atoms with E-state index in [1.54, 1.807) is 15.8 Å². The molecule has 33 heavy (non-hydrogen) atoms. The van der Waals surface area contributed by atoms with E-state index in [1.807, 2.05) is 42.5 Å². The van der Waals surface area contributed by atoms with Crippen LogP contribution in [0.25, 0.3) is 21.8 Å². The van der Waals surface area contributed by atoms with Crippen molar-refractivity contribution in [1.29, 1.82) is 0 Å². The predicted molar refractivity (Wildman–Crippen MR) is 133 cm³/mol. The van der Waals surface area contributed by atoms with E-state index in [2.05, 4.69) is 39.0 Å². The van der Waals surface area contributed by atoms with Crippen LogP contribution in [0.3, 0.4) is 0 Å². The van der Waals surface area contributed by atoms with Crippen molar-refractivity contribution in [3.8, 4) is 0 Å². The summed E-state index contributed by atoms with van der Waals surface area (Å²) in [6, 6.07) is 23.4. The molecule has 3 heterocycles. The number of halogens is 2. The van der Waals surface area contributed by atoms with Gasteiger partial charge in [-0.25, -0.2) is 9.69 Å². The molecule has 1 saturated heterocycles. The van der Waals surface area contributed by atoms with Crippen molar-refractivity contribution in [3.63, 3.8) is 0 Å². The maximum atomic E-state index is 12.9. The summed E-state index contributed by atoms with van der Waals surface area (Å²) < 4.78 is 4.17. The molecule has 2 atom stereocenters. The van der Waals surface area contributed by atoms with Crippen molar-refractivity contribution < 1.29 is 4.79 Å². The van der Waals surface area contributed by atoms with Gasteiger partial charge in [0, 0.05) is 26.8 Å². The van der Waals surface area contributed by atoms with E-state index in [1.165, 1.54) is 0 Å². The van der Waals surface area contributed by atoms with Gasteiger partial charge in [-0.15, -0.1) is 11.6 Å². The quantitative estimate of drug-likeness (QED) is 0.202. The van der Waals surface area contributed by atoms with Crippen LogP contribution >= 0.6 is 35.4 Å². The number of aromatic amines is 1. The second kappa shape index (κ2) is 7.73. The Morgan fingerprint density at radius 1 is 0.970 bits per heavy atom. The van der Waals surface area contributed by atoms with Crippen molar-refractivity contribution in [3.05, 3.63) is 94.0 Å². The molecule has 1 aliphatic rings. The molecule has 0 spiro atoms. The minimum atomic E-state index is -0.707. The molecule has 2 aromatic heterocycles. The number of carbonyl (C=O) groups is 1. The van der Waals surface area contributed by atoms with Crippen molar-refractivity contribution in [2.75, 3.05) is 5.01 Å². The summed E-state index contributed by atoms with van der Waals surface area (Å²) in [7, 11) is 0. The number of nitrogens with one attached hydrogen (secondary N) is 1. The summed E-state index contributed by atoms with van der Waals surface area (Å²) in [6.07, 6.45) is 0. The molecular weight excluding hydrogens is 477 g/mol. The minimum Gasteiger partial charge on any atom is -0.333 e. The molecule has 2 unspecified atom stereocenters. The predicted octanol–water partition coefficient (Wildman–Crippen LogP) is 5.58. The Balaban J connectivity index is 1.48. The number of hydrogen-bond acceptors (Lipinski definition) is 3. The van der Waals surface area contributed by atoms with Gasteiger partial charge >= 0.3 is 0 Å². The lowest BCUT2D eigenvalue weighted by atomic mass is 9.95. The van der Waals surface area contributed by atoms with E-state index < -0.39 is 11.4 Å². The third kappa shape index (κ3) is 3.11. The van der Waals surface area contributed by atoms with Crippen molar-refractivity contribution in [1.82, 2.24) is 19.4 Å². The summed E-state index contributed by atoms with van der Waals surface area (Å²) in [5.41, 5.74) is 3.00. The number of fused-ring (bicyclic) bond motifs is 3. The maximum Gasteiger partial charge on any atom is 0.262 e. The monoisotopic (exact) mass is 493 g/mol. The molecule has 6 nitrogen and oxygen atoms in total. The van der Waals surface area contributed by atoms with Crippen LogP contribution in [0.15, 0.2) is 72.8 Å². The molecule has 3 aromatic carbocycles. The topological polar surface area (TPSA) is 58.9 Å². The molecule has 0 saturated carbocycles. The molecule has 0 bridgehead atoms. The van der Waals surface area contributed by atoms with E-state index >= 15 is 0 Å². The van der Waals surface area contributed by atoms with Crippen molar-refractivity contribution in [2.45, 2.75) is 18.0 Å². The fourth-order valence-electron chi connectivity index (χ4n) is 4.63. The van der Waals surface area contributed by atoms with Gasteiger partial charge in [-0.05, 0) is 42.0 Å². The fraction of sp³-hybridized carbons (Fsp3) is 0.125. The maximum absolute atomic E-state index is 12.9. The normalized spacial score (nSPS) is 18.2. The number of β-lactam (4-membered cyclic amide) rings is 1. The summed E-state index contributed by atoms with van der Waals surface area (Å²) in [5.74, 6) is 0.373. The average Bonchev–Trinajstić information content (AvgIpc) is 3.35. The Morgan fingerprint density at radius 3 is 2.30 bits per heavy atom. The first-order valence-electron chi connectivity index (χ1n) is 10.4. The lowest BCUT2D eigenvalue weighted by Gasteiger charge is -2.44. The second-order valence-electron chi connectivity index (χ2n) is 7.96. The zero-order valence-corrected chi connectivity index (χ0v) is 19.5. The van der Waals surface area contributed by atoms with Gasteiger partial charge in [0.2, 0.25) is 4.77 Å². The van der Waals surface area contributed by atoms with E-state index in [9.17, 15) is 4.79 Å². The zero-order chi connectivity index (χ0) is 22.7.